The van der Waals surface area contributed by atoms with Crippen molar-refractivity contribution >= 4 is 23.4 Å². The van der Waals surface area contributed by atoms with Gasteiger partial charge in [0.25, 0.3) is 0 Å². The lowest BCUT2D eigenvalue weighted by Gasteiger charge is -2.30. The number of benzene rings is 2. The largest absolute Gasteiger partial charge is 0.352 e. The molecule has 0 bridgehead atoms. The minimum atomic E-state index is -0.598. The summed E-state index contributed by atoms with van der Waals surface area (Å²) in [4.78, 5) is 27.6. The van der Waals surface area contributed by atoms with E-state index in [4.69, 9.17) is 11.6 Å². The highest BCUT2D eigenvalue weighted by Crippen LogP contribution is 2.20. The van der Waals surface area contributed by atoms with Crippen LogP contribution >= 0.6 is 11.6 Å². The molecule has 5 heteroatoms. The summed E-state index contributed by atoms with van der Waals surface area (Å²) >= 11 is 6.33. The summed E-state index contributed by atoms with van der Waals surface area (Å²) in [5.41, 5.74) is 4.01. The Morgan fingerprint density at radius 3 is 2.28 bits per heavy atom. The summed E-state index contributed by atoms with van der Waals surface area (Å²) in [6.45, 7) is 10.1. The molecule has 0 aliphatic rings. The predicted molar refractivity (Wildman–Crippen MR) is 119 cm³/mol. The molecule has 2 aromatic carbocycles. The van der Waals surface area contributed by atoms with Crippen molar-refractivity contribution in [1.82, 2.24) is 10.2 Å². The second-order valence-corrected chi connectivity index (χ2v) is 8.19. The lowest BCUT2D eigenvalue weighted by Crippen LogP contribution is -2.50. The average Bonchev–Trinajstić information content (AvgIpc) is 2.65. The summed E-state index contributed by atoms with van der Waals surface area (Å²) in [6, 6.07) is 13.0. The number of aryl methyl sites for hydroxylation is 2. The number of carbonyl (C=O) groups is 2. The highest BCUT2D eigenvalue weighted by atomic mass is 35.5. The van der Waals surface area contributed by atoms with Crippen LogP contribution in [0.4, 0.5) is 0 Å². The van der Waals surface area contributed by atoms with E-state index in [-0.39, 0.29) is 24.3 Å². The van der Waals surface area contributed by atoms with Crippen molar-refractivity contribution in [3.05, 3.63) is 69.7 Å². The molecule has 0 aromatic heterocycles. The zero-order valence-electron chi connectivity index (χ0n) is 18.0. The average molecular weight is 415 g/mol. The monoisotopic (exact) mass is 414 g/mol. The minimum Gasteiger partial charge on any atom is -0.352 e. The van der Waals surface area contributed by atoms with E-state index in [0.717, 1.165) is 28.7 Å². The summed E-state index contributed by atoms with van der Waals surface area (Å²) in [5, 5.41) is 3.57. The Morgan fingerprint density at radius 1 is 1.07 bits per heavy atom. The SMILES string of the molecule is CC[C@@H](C)NC(=O)[C@@H](C)N(Cc1ccccc1Cl)C(=O)Cc1cc(C)cc(C)c1. The first kappa shape index (κ1) is 23.0. The molecule has 0 aliphatic heterocycles. The third-order valence-electron chi connectivity index (χ3n) is 5.10. The van der Waals surface area contributed by atoms with Crippen LogP contribution in [0, 0.1) is 13.8 Å². The summed E-state index contributed by atoms with van der Waals surface area (Å²) < 4.78 is 0. The van der Waals surface area contributed by atoms with Gasteiger partial charge in [-0.15, -0.1) is 0 Å². The van der Waals surface area contributed by atoms with Gasteiger partial charge in [0, 0.05) is 17.6 Å². The highest BCUT2D eigenvalue weighted by Gasteiger charge is 2.27. The number of amides is 2. The van der Waals surface area contributed by atoms with Crippen molar-refractivity contribution in [3.8, 4) is 0 Å². The second-order valence-electron chi connectivity index (χ2n) is 7.78. The number of rotatable bonds is 8. The fourth-order valence-corrected chi connectivity index (χ4v) is 3.50. The summed E-state index contributed by atoms with van der Waals surface area (Å²) in [6.07, 6.45) is 1.08. The zero-order valence-corrected chi connectivity index (χ0v) is 18.7. The van der Waals surface area contributed by atoms with Crippen molar-refractivity contribution in [2.75, 3.05) is 0 Å². The van der Waals surface area contributed by atoms with E-state index < -0.39 is 6.04 Å². The number of hydrogen-bond donors (Lipinski definition) is 1. The zero-order chi connectivity index (χ0) is 21.6. The van der Waals surface area contributed by atoms with Crippen molar-refractivity contribution < 1.29 is 9.59 Å². The van der Waals surface area contributed by atoms with Crippen LogP contribution in [0.1, 0.15) is 49.4 Å². The Balaban J connectivity index is 2.28. The van der Waals surface area contributed by atoms with Gasteiger partial charge in [-0.05, 0) is 51.3 Å². The molecule has 156 valence electrons. The van der Waals surface area contributed by atoms with Crippen molar-refractivity contribution in [2.24, 2.45) is 0 Å². The Hall–Kier alpha value is -2.33. The van der Waals surface area contributed by atoms with Gasteiger partial charge in [0.05, 0.1) is 6.42 Å². The van der Waals surface area contributed by atoms with E-state index in [1.807, 2.05) is 58.0 Å². The van der Waals surface area contributed by atoms with Crippen molar-refractivity contribution in [2.45, 2.75) is 66.1 Å². The van der Waals surface area contributed by atoms with Crippen LogP contribution in [-0.4, -0.2) is 28.8 Å². The molecule has 4 nitrogen and oxygen atoms in total. The van der Waals surface area contributed by atoms with Gasteiger partial charge in [-0.2, -0.15) is 0 Å². The Morgan fingerprint density at radius 2 is 1.69 bits per heavy atom. The minimum absolute atomic E-state index is 0.0571. The molecule has 2 rings (SSSR count). The maximum Gasteiger partial charge on any atom is 0.242 e. The van der Waals surface area contributed by atoms with Gasteiger partial charge in [0.2, 0.25) is 11.8 Å². The molecular formula is C24H31ClN2O2. The van der Waals surface area contributed by atoms with Gasteiger partial charge >= 0.3 is 0 Å². The van der Waals surface area contributed by atoms with Crippen molar-refractivity contribution in [3.63, 3.8) is 0 Å². The summed E-state index contributed by atoms with van der Waals surface area (Å²) in [5.74, 6) is -0.248. The summed E-state index contributed by atoms with van der Waals surface area (Å²) in [7, 11) is 0. The molecule has 0 spiro atoms. The Labute approximate surface area is 179 Å². The van der Waals surface area contributed by atoms with Crippen molar-refractivity contribution in [1.29, 1.82) is 0 Å². The number of carbonyl (C=O) groups excluding carboxylic acids is 2. The molecule has 0 fully saturated rings. The van der Waals surface area contributed by atoms with Crippen LogP contribution in [0.5, 0.6) is 0 Å². The number of hydrogen-bond acceptors (Lipinski definition) is 2. The third kappa shape index (κ3) is 6.60. The molecule has 29 heavy (non-hydrogen) atoms. The quantitative estimate of drug-likeness (QED) is 0.672. The van der Waals surface area contributed by atoms with Gasteiger partial charge in [-0.3, -0.25) is 9.59 Å². The number of nitrogens with zero attached hydrogens (tertiary/aromatic N) is 1. The molecule has 0 aliphatic carbocycles. The van der Waals surface area contributed by atoms with E-state index in [1.165, 1.54) is 0 Å². The first-order valence-corrected chi connectivity index (χ1v) is 10.5. The fourth-order valence-electron chi connectivity index (χ4n) is 3.31. The molecule has 2 amide bonds. The topological polar surface area (TPSA) is 49.4 Å². The van der Waals surface area contributed by atoms with Gasteiger partial charge in [0.15, 0.2) is 0 Å². The standard InChI is InChI=1S/C24H31ClN2O2/c1-6-18(4)26-24(29)19(5)27(15-21-9-7-8-10-22(21)25)23(28)14-20-12-16(2)11-17(3)13-20/h7-13,18-19H,6,14-15H2,1-5H3,(H,26,29)/t18-,19-/m1/s1. The molecule has 2 aromatic rings. The Kier molecular flexibility index (Phi) is 8.27. The molecule has 0 radical (unpaired) electrons. The van der Waals surface area contributed by atoms with Gasteiger partial charge in [-0.1, -0.05) is 66.0 Å². The molecule has 0 saturated carbocycles. The lowest BCUT2D eigenvalue weighted by molar-refractivity contribution is -0.140. The van der Waals surface area contributed by atoms with Crippen LogP contribution < -0.4 is 5.32 Å². The van der Waals surface area contributed by atoms with E-state index in [9.17, 15) is 9.59 Å². The third-order valence-corrected chi connectivity index (χ3v) is 5.47. The van der Waals surface area contributed by atoms with Gasteiger partial charge < -0.3 is 10.2 Å². The van der Waals surface area contributed by atoms with E-state index in [2.05, 4.69) is 11.4 Å². The molecule has 0 heterocycles. The number of halogens is 1. The maximum atomic E-state index is 13.3. The van der Waals surface area contributed by atoms with Crippen LogP contribution in [0.25, 0.3) is 0 Å². The lowest BCUT2D eigenvalue weighted by atomic mass is 10.0. The normalized spacial score (nSPS) is 12.9. The fraction of sp³-hybridized carbons (Fsp3) is 0.417. The second kappa shape index (κ2) is 10.4. The van der Waals surface area contributed by atoms with Crippen LogP contribution in [0.3, 0.4) is 0 Å². The van der Waals surface area contributed by atoms with Gasteiger partial charge in [-0.25, -0.2) is 0 Å². The first-order valence-electron chi connectivity index (χ1n) is 10.1. The number of nitrogens with one attached hydrogen (secondary N) is 1. The molecule has 0 saturated heterocycles. The van der Waals surface area contributed by atoms with Gasteiger partial charge in [0.1, 0.15) is 6.04 Å². The molecule has 0 unspecified atom stereocenters. The smallest absolute Gasteiger partial charge is 0.242 e. The van der Waals surface area contributed by atoms with E-state index in [0.29, 0.717) is 11.6 Å². The highest BCUT2D eigenvalue weighted by molar-refractivity contribution is 6.31. The predicted octanol–water partition coefficient (Wildman–Crippen LogP) is 4.83. The van der Waals surface area contributed by atoms with E-state index in [1.54, 1.807) is 17.9 Å². The first-order chi connectivity index (χ1) is 13.7. The van der Waals surface area contributed by atoms with Crippen LogP contribution in [0.2, 0.25) is 5.02 Å². The molecule has 2 atom stereocenters. The Bertz CT molecular complexity index is 845. The van der Waals surface area contributed by atoms with E-state index >= 15 is 0 Å². The maximum absolute atomic E-state index is 13.3. The molecular weight excluding hydrogens is 384 g/mol. The van der Waals surface area contributed by atoms with Crippen LogP contribution in [0.15, 0.2) is 42.5 Å². The van der Waals surface area contributed by atoms with Crippen LogP contribution in [-0.2, 0) is 22.6 Å². The molecule has 1 N–H and O–H groups in total.